The molecule has 0 aromatic heterocycles. The van der Waals surface area contributed by atoms with Crippen molar-refractivity contribution in [2.75, 3.05) is 12.1 Å². The van der Waals surface area contributed by atoms with Gasteiger partial charge in [-0.15, -0.1) is 0 Å². The summed E-state index contributed by atoms with van der Waals surface area (Å²) >= 11 is 0. The molecule has 0 radical (unpaired) electrons. The summed E-state index contributed by atoms with van der Waals surface area (Å²) < 4.78 is 0. The Bertz CT molecular complexity index is 703. The minimum Gasteiger partial charge on any atom is -0.268 e. The van der Waals surface area contributed by atoms with Crippen molar-refractivity contribution in [3.63, 3.8) is 0 Å². The fourth-order valence-corrected chi connectivity index (χ4v) is 2.17. The van der Waals surface area contributed by atoms with E-state index < -0.39 is 0 Å². The van der Waals surface area contributed by atoms with E-state index >= 15 is 0 Å². The number of hydrazone groups is 1. The molecule has 0 fully saturated rings. The molecule has 2 aromatic rings. The van der Waals surface area contributed by atoms with Crippen LogP contribution < -0.4 is 5.01 Å². The van der Waals surface area contributed by atoms with Gasteiger partial charge in [0.1, 0.15) is 0 Å². The first kappa shape index (κ1) is 16.8. The summed E-state index contributed by atoms with van der Waals surface area (Å²) in [4.78, 5) is 0. The maximum absolute atomic E-state index is 4.65. The number of rotatable bonds is 5. The van der Waals surface area contributed by atoms with Crippen LogP contribution in [0.2, 0.25) is 0 Å². The minimum absolute atomic E-state index is 1.00. The van der Waals surface area contributed by atoms with Crippen LogP contribution in [0.1, 0.15) is 31.9 Å². The van der Waals surface area contributed by atoms with Gasteiger partial charge in [0.15, 0.2) is 0 Å². The lowest BCUT2D eigenvalue weighted by atomic mass is 10.1. The second-order valence-electron chi connectivity index (χ2n) is 5.77. The van der Waals surface area contributed by atoms with Gasteiger partial charge in [0, 0.05) is 7.05 Å². The molecule has 0 N–H and O–H groups in total. The van der Waals surface area contributed by atoms with E-state index in [0.29, 0.717) is 0 Å². The lowest BCUT2D eigenvalue weighted by Gasteiger charge is -2.15. The fraction of sp³-hybridized carbons (Fsp3) is 0.190. The Balaban J connectivity index is 2.10. The van der Waals surface area contributed by atoms with E-state index in [0.717, 1.165) is 17.0 Å². The normalized spacial score (nSPS) is 11.6. The van der Waals surface area contributed by atoms with E-state index in [-0.39, 0.29) is 0 Å². The van der Waals surface area contributed by atoms with Crippen LogP contribution in [-0.4, -0.2) is 12.8 Å². The molecule has 0 saturated carbocycles. The van der Waals surface area contributed by atoms with Gasteiger partial charge in [-0.2, -0.15) is 5.10 Å². The summed E-state index contributed by atoms with van der Waals surface area (Å²) in [5, 5.41) is 6.56. The third kappa shape index (κ3) is 5.26. The summed E-state index contributed by atoms with van der Waals surface area (Å²) in [7, 11) is 1.97. The van der Waals surface area contributed by atoms with E-state index in [1.165, 1.54) is 11.1 Å². The molecule has 0 saturated heterocycles. The summed E-state index contributed by atoms with van der Waals surface area (Å²) in [6.07, 6.45) is 6.29. The van der Waals surface area contributed by atoms with Gasteiger partial charge >= 0.3 is 0 Å². The summed E-state index contributed by atoms with van der Waals surface area (Å²) in [5.41, 5.74) is 5.69. The van der Waals surface area contributed by atoms with Crippen molar-refractivity contribution in [1.29, 1.82) is 0 Å². The highest BCUT2D eigenvalue weighted by molar-refractivity contribution is 5.99. The fourth-order valence-electron chi connectivity index (χ4n) is 2.17. The molecule has 0 aliphatic carbocycles. The summed E-state index contributed by atoms with van der Waals surface area (Å²) in [6.45, 7) is 6.22. The number of benzene rings is 2. The van der Waals surface area contributed by atoms with Crippen molar-refractivity contribution >= 4 is 17.5 Å². The highest BCUT2D eigenvalue weighted by Gasteiger charge is 2.01. The van der Waals surface area contributed by atoms with Crippen molar-refractivity contribution in [2.24, 2.45) is 5.10 Å². The highest BCUT2D eigenvalue weighted by Crippen LogP contribution is 2.16. The predicted molar refractivity (Wildman–Crippen MR) is 102 cm³/mol. The lowest BCUT2D eigenvalue weighted by Crippen LogP contribution is -2.12. The zero-order valence-corrected chi connectivity index (χ0v) is 14.3. The molecule has 0 spiro atoms. The Morgan fingerprint density at radius 3 is 2.17 bits per heavy atom. The van der Waals surface area contributed by atoms with Crippen molar-refractivity contribution in [3.8, 4) is 0 Å². The number of anilines is 1. The monoisotopic (exact) mass is 304 g/mol. The van der Waals surface area contributed by atoms with Crippen LogP contribution in [0.3, 0.4) is 0 Å². The van der Waals surface area contributed by atoms with Crippen LogP contribution in [0.4, 0.5) is 5.69 Å². The molecule has 2 nitrogen and oxygen atoms in total. The molecule has 0 atom stereocenters. The molecule has 0 aliphatic heterocycles. The molecule has 2 rings (SSSR count). The Labute approximate surface area is 139 Å². The molecule has 0 heterocycles. The minimum atomic E-state index is 1.00. The van der Waals surface area contributed by atoms with Gasteiger partial charge in [-0.1, -0.05) is 66.3 Å². The van der Waals surface area contributed by atoms with Gasteiger partial charge in [0.05, 0.1) is 11.4 Å². The Hall–Kier alpha value is -2.61. The topological polar surface area (TPSA) is 15.6 Å². The Morgan fingerprint density at radius 1 is 0.913 bits per heavy atom. The molecule has 118 valence electrons. The van der Waals surface area contributed by atoms with Gasteiger partial charge in [0.2, 0.25) is 0 Å². The SMILES string of the molecule is CC(C)=CC=Cc1ccc(N(C)/N=C(\C)c2ccccc2)cc1. The van der Waals surface area contributed by atoms with Crippen LogP contribution in [-0.2, 0) is 0 Å². The molecule has 2 aromatic carbocycles. The second-order valence-corrected chi connectivity index (χ2v) is 5.77. The zero-order valence-electron chi connectivity index (χ0n) is 14.3. The van der Waals surface area contributed by atoms with Crippen LogP contribution in [0, 0.1) is 0 Å². The van der Waals surface area contributed by atoms with Gasteiger partial charge in [-0.05, 0) is 44.0 Å². The first-order valence-corrected chi connectivity index (χ1v) is 7.82. The predicted octanol–water partition coefficient (Wildman–Crippen LogP) is 5.53. The molecular weight excluding hydrogens is 280 g/mol. The maximum Gasteiger partial charge on any atom is 0.0650 e. The van der Waals surface area contributed by atoms with E-state index in [9.17, 15) is 0 Å². The van der Waals surface area contributed by atoms with Crippen LogP contribution in [0.5, 0.6) is 0 Å². The van der Waals surface area contributed by atoms with Crippen LogP contribution in [0.15, 0.2) is 77.4 Å². The highest BCUT2D eigenvalue weighted by atomic mass is 15.4. The quantitative estimate of drug-likeness (QED) is 0.403. The first-order valence-electron chi connectivity index (χ1n) is 7.82. The van der Waals surface area contributed by atoms with Gasteiger partial charge in [0.25, 0.3) is 0 Å². The molecule has 0 aliphatic rings. The second kappa shape index (κ2) is 8.14. The average molecular weight is 304 g/mol. The molecule has 0 unspecified atom stereocenters. The van der Waals surface area contributed by atoms with Crippen molar-refractivity contribution in [2.45, 2.75) is 20.8 Å². The van der Waals surface area contributed by atoms with Crippen LogP contribution in [0.25, 0.3) is 6.08 Å². The molecule has 0 bridgehead atoms. The Morgan fingerprint density at radius 2 is 1.57 bits per heavy atom. The van der Waals surface area contributed by atoms with Crippen molar-refractivity contribution in [1.82, 2.24) is 0 Å². The van der Waals surface area contributed by atoms with Gasteiger partial charge < -0.3 is 0 Å². The van der Waals surface area contributed by atoms with E-state index in [4.69, 9.17) is 0 Å². The Kier molecular flexibility index (Phi) is 5.93. The average Bonchev–Trinajstić information content (AvgIpc) is 2.56. The van der Waals surface area contributed by atoms with Crippen molar-refractivity contribution in [3.05, 3.63) is 83.4 Å². The number of nitrogens with zero attached hydrogens (tertiary/aromatic N) is 2. The number of hydrogen-bond acceptors (Lipinski definition) is 2. The van der Waals surface area contributed by atoms with E-state index in [1.54, 1.807) is 0 Å². The summed E-state index contributed by atoms with van der Waals surface area (Å²) in [5.74, 6) is 0. The van der Waals surface area contributed by atoms with Crippen molar-refractivity contribution < 1.29 is 0 Å². The third-order valence-corrected chi connectivity index (χ3v) is 3.48. The third-order valence-electron chi connectivity index (χ3n) is 3.48. The lowest BCUT2D eigenvalue weighted by molar-refractivity contribution is 1.01. The number of hydrogen-bond donors (Lipinski definition) is 0. The van der Waals surface area contributed by atoms with Gasteiger partial charge in [-0.3, -0.25) is 5.01 Å². The first-order chi connectivity index (χ1) is 11.1. The maximum atomic E-state index is 4.65. The molecule has 2 heteroatoms. The molecule has 23 heavy (non-hydrogen) atoms. The zero-order chi connectivity index (χ0) is 16.7. The van der Waals surface area contributed by atoms with Crippen LogP contribution >= 0.6 is 0 Å². The summed E-state index contributed by atoms with van der Waals surface area (Å²) in [6, 6.07) is 18.6. The van der Waals surface area contributed by atoms with Gasteiger partial charge in [-0.25, -0.2) is 0 Å². The number of allylic oxidation sites excluding steroid dienone is 3. The molecule has 0 amide bonds. The molecular formula is C21H24N2. The van der Waals surface area contributed by atoms with E-state index in [1.807, 2.05) is 37.2 Å². The smallest absolute Gasteiger partial charge is 0.0650 e. The standard InChI is InChI=1S/C21H24N2/c1-17(2)9-8-10-19-13-15-21(16-14-19)23(4)22-18(3)20-11-6-5-7-12-20/h5-16H,1-4H3/b10-8?,22-18+. The van der Waals surface area contributed by atoms with E-state index in [2.05, 4.69) is 73.6 Å². The largest absolute Gasteiger partial charge is 0.268 e.